The third kappa shape index (κ3) is 4.51. The SMILES string of the molecule is O=C(NCCC1CCCCC1)c1ccc(C(=O)c2cnc3cc(Cl)ccn23)cc1. The van der Waals surface area contributed by atoms with E-state index in [2.05, 4.69) is 10.3 Å². The number of halogens is 1. The van der Waals surface area contributed by atoms with Crippen LogP contribution in [0.15, 0.2) is 48.8 Å². The lowest BCUT2D eigenvalue weighted by Crippen LogP contribution is -2.26. The molecule has 4 rings (SSSR count). The Bertz CT molecular complexity index is 1020. The predicted molar refractivity (Wildman–Crippen MR) is 114 cm³/mol. The fourth-order valence-corrected chi connectivity index (χ4v) is 4.17. The van der Waals surface area contributed by atoms with Crippen molar-refractivity contribution in [3.63, 3.8) is 0 Å². The Hall–Kier alpha value is -2.66. The molecule has 0 spiro atoms. The van der Waals surface area contributed by atoms with Gasteiger partial charge in [-0.3, -0.25) is 14.0 Å². The summed E-state index contributed by atoms with van der Waals surface area (Å²) in [6.07, 6.45) is 10.8. The molecule has 0 radical (unpaired) electrons. The van der Waals surface area contributed by atoms with Gasteiger partial charge in [-0.2, -0.15) is 0 Å². The molecule has 1 amide bonds. The largest absolute Gasteiger partial charge is 0.352 e. The lowest BCUT2D eigenvalue weighted by atomic mass is 9.87. The van der Waals surface area contributed by atoms with Crippen molar-refractivity contribution in [1.82, 2.24) is 14.7 Å². The van der Waals surface area contributed by atoms with E-state index in [0.717, 1.165) is 12.3 Å². The molecule has 2 heterocycles. The van der Waals surface area contributed by atoms with E-state index in [1.807, 2.05) is 0 Å². The number of amides is 1. The van der Waals surface area contributed by atoms with E-state index in [9.17, 15) is 9.59 Å². The van der Waals surface area contributed by atoms with Crippen molar-refractivity contribution < 1.29 is 9.59 Å². The minimum absolute atomic E-state index is 0.0933. The average molecular weight is 410 g/mol. The molecule has 5 nitrogen and oxygen atoms in total. The Labute approximate surface area is 175 Å². The van der Waals surface area contributed by atoms with Gasteiger partial charge in [0.1, 0.15) is 11.3 Å². The average Bonchev–Trinajstić information content (AvgIpc) is 3.17. The minimum atomic E-state index is -0.149. The molecule has 1 saturated carbocycles. The number of nitrogens with zero attached hydrogens (tertiary/aromatic N) is 2. The topological polar surface area (TPSA) is 63.5 Å². The third-order valence-corrected chi connectivity index (χ3v) is 5.92. The molecule has 0 saturated heterocycles. The van der Waals surface area contributed by atoms with Crippen LogP contribution in [0.2, 0.25) is 5.02 Å². The maximum absolute atomic E-state index is 12.8. The number of hydrogen-bond acceptors (Lipinski definition) is 3. The van der Waals surface area contributed by atoms with Crippen LogP contribution in [0.1, 0.15) is 64.9 Å². The lowest BCUT2D eigenvalue weighted by Gasteiger charge is -2.21. The molecule has 3 aromatic rings. The quantitative estimate of drug-likeness (QED) is 0.588. The summed E-state index contributed by atoms with van der Waals surface area (Å²) in [7, 11) is 0. The summed E-state index contributed by atoms with van der Waals surface area (Å²) >= 11 is 5.98. The first-order valence-electron chi connectivity index (χ1n) is 10.2. The molecule has 0 atom stereocenters. The second-order valence-electron chi connectivity index (χ2n) is 7.67. The second-order valence-corrected chi connectivity index (χ2v) is 8.11. The molecule has 0 aliphatic heterocycles. The summed E-state index contributed by atoms with van der Waals surface area (Å²) in [6.45, 7) is 0.703. The molecule has 1 aliphatic rings. The van der Waals surface area contributed by atoms with Gasteiger partial charge in [-0.25, -0.2) is 4.98 Å². The van der Waals surface area contributed by atoms with Crippen molar-refractivity contribution in [2.45, 2.75) is 38.5 Å². The Morgan fingerprint density at radius 3 is 2.55 bits per heavy atom. The molecular weight excluding hydrogens is 386 g/mol. The monoisotopic (exact) mass is 409 g/mol. The summed E-state index contributed by atoms with van der Waals surface area (Å²) in [6, 6.07) is 10.2. The van der Waals surface area contributed by atoms with Gasteiger partial charge in [0.15, 0.2) is 0 Å². The van der Waals surface area contributed by atoms with Crippen molar-refractivity contribution in [2.24, 2.45) is 5.92 Å². The second kappa shape index (κ2) is 8.78. The smallest absolute Gasteiger partial charge is 0.251 e. The molecule has 1 aromatic carbocycles. The van der Waals surface area contributed by atoms with Gasteiger partial charge in [-0.1, -0.05) is 55.8 Å². The lowest BCUT2D eigenvalue weighted by molar-refractivity contribution is 0.0948. The van der Waals surface area contributed by atoms with Crippen molar-refractivity contribution in [3.8, 4) is 0 Å². The van der Waals surface area contributed by atoms with E-state index in [-0.39, 0.29) is 11.7 Å². The van der Waals surface area contributed by atoms with Crippen LogP contribution in [0.3, 0.4) is 0 Å². The number of hydrogen-bond donors (Lipinski definition) is 1. The Balaban J connectivity index is 1.38. The number of ketones is 1. The summed E-state index contributed by atoms with van der Waals surface area (Å²) in [5.74, 6) is 0.498. The number of aromatic nitrogens is 2. The molecule has 0 unspecified atom stereocenters. The van der Waals surface area contributed by atoms with Gasteiger partial charge in [-0.15, -0.1) is 0 Å². The van der Waals surface area contributed by atoms with Gasteiger partial charge in [0.05, 0.1) is 6.20 Å². The number of carbonyl (C=O) groups excluding carboxylic acids is 2. The summed E-state index contributed by atoms with van der Waals surface area (Å²) in [4.78, 5) is 29.5. The highest BCUT2D eigenvalue weighted by atomic mass is 35.5. The van der Waals surface area contributed by atoms with E-state index in [4.69, 9.17) is 11.6 Å². The van der Waals surface area contributed by atoms with Crippen LogP contribution in [0, 0.1) is 5.92 Å². The summed E-state index contributed by atoms with van der Waals surface area (Å²) < 4.78 is 1.71. The Morgan fingerprint density at radius 2 is 1.79 bits per heavy atom. The third-order valence-electron chi connectivity index (χ3n) is 5.68. The number of carbonyl (C=O) groups is 2. The van der Waals surface area contributed by atoms with E-state index in [1.54, 1.807) is 53.2 Å². The van der Waals surface area contributed by atoms with Crippen LogP contribution in [0.4, 0.5) is 0 Å². The van der Waals surface area contributed by atoms with Crippen molar-refractivity contribution >= 4 is 28.9 Å². The van der Waals surface area contributed by atoms with Crippen LogP contribution in [0.5, 0.6) is 0 Å². The summed E-state index contributed by atoms with van der Waals surface area (Å²) in [5, 5.41) is 3.57. The number of rotatable bonds is 6. The molecule has 0 bridgehead atoms. The number of pyridine rings is 1. The van der Waals surface area contributed by atoms with E-state index in [0.29, 0.717) is 34.0 Å². The molecule has 29 heavy (non-hydrogen) atoms. The summed E-state index contributed by atoms with van der Waals surface area (Å²) in [5.41, 5.74) is 2.16. The highest BCUT2D eigenvalue weighted by Crippen LogP contribution is 2.25. The highest BCUT2D eigenvalue weighted by molar-refractivity contribution is 6.30. The Kier molecular flexibility index (Phi) is 5.95. The number of fused-ring (bicyclic) bond motifs is 1. The number of imidazole rings is 1. The maximum atomic E-state index is 12.8. The van der Waals surface area contributed by atoms with E-state index >= 15 is 0 Å². The first-order valence-corrected chi connectivity index (χ1v) is 10.6. The van der Waals surface area contributed by atoms with E-state index in [1.165, 1.54) is 32.1 Å². The molecule has 150 valence electrons. The van der Waals surface area contributed by atoms with Crippen LogP contribution >= 0.6 is 11.6 Å². The van der Waals surface area contributed by atoms with Gasteiger partial charge >= 0.3 is 0 Å². The number of nitrogens with one attached hydrogen (secondary N) is 1. The normalized spacial score (nSPS) is 14.8. The van der Waals surface area contributed by atoms with Gasteiger partial charge in [-0.05, 0) is 30.5 Å². The number of benzene rings is 1. The van der Waals surface area contributed by atoms with Crippen molar-refractivity contribution in [1.29, 1.82) is 0 Å². The zero-order valence-corrected chi connectivity index (χ0v) is 17.0. The molecule has 6 heteroatoms. The van der Waals surface area contributed by atoms with Crippen molar-refractivity contribution in [3.05, 3.63) is 70.6 Å². The molecule has 1 aliphatic carbocycles. The van der Waals surface area contributed by atoms with Gasteiger partial charge in [0.25, 0.3) is 5.91 Å². The van der Waals surface area contributed by atoms with Gasteiger partial charge in [0.2, 0.25) is 5.78 Å². The van der Waals surface area contributed by atoms with Crippen LogP contribution in [-0.4, -0.2) is 27.6 Å². The zero-order chi connectivity index (χ0) is 20.2. The fraction of sp³-hybridized carbons (Fsp3) is 0.348. The zero-order valence-electron chi connectivity index (χ0n) is 16.2. The van der Waals surface area contributed by atoms with Gasteiger partial charge in [0, 0.05) is 35.0 Å². The first-order chi connectivity index (χ1) is 14.1. The molecule has 2 aromatic heterocycles. The predicted octanol–water partition coefficient (Wildman–Crippen LogP) is 4.92. The standard InChI is InChI=1S/C23H24ClN3O2/c24-19-11-13-27-20(15-26-21(27)14-19)22(28)17-6-8-18(9-7-17)23(29)25-12-10-16-4-2-1-3-5-16/h6-9,11,13-16H,1-5,10,12H2,(H,25,29). The van der Waals surface area contributed by atoms with Crippen LogP contribution in [0.25, 0.3) is 5.65 Å². The van der Waals surface area contributed by atoms with Crippen LogP contribution < -0.4 is 5.32 Å². The van der Waals surface area contributed by atoms with Crippen molar-refractivity contribution in [2.75, 3.05) is 6.54 Å². The molecular formula is C23H24ClN3O2. The maximum Gasteiger partial charge on any atom is 0.251 e. The van der Waals surface area contributed by atoms with Crippen LogP contribution in [-0.2, 0) is 0 Å². The molecule has 1 fully saturated rings. The first kappa shape index (κ1) is 19.6. The van der Waals surface area contributed by atoms with E-state index < -0.39 is 0 Å². The highest BCUT2D eigenvalue weighted by Gasteiger charge is 2.16. The minimum Gasteiger partial charge on any atom is -0.352 e. The fourth-order valence-electron chi connectivity index (χ4n) is 4.01. The van der Waals surface area contributed by atoms with Gasteiger partial charge < -0.3 is 5.32 Å². The Morgan fingerprint density at radius 1 is 1.07 bits per heavy atom. The molecule has 1 N–H and O–H groups in total.